The maximum absolute atomic E-state index is 11.9. The van der Waals surface area contributed by atoms with Crippen molar-refractivity contribution in [3.63, 3.8) is 0 Å². The summed E-state index contributed by atoms with van der Waals surface area (Å²) in [5.74, 6) is 0.611. The van der Waals surface area contributed by atoms with Crippen LogP contribution in [-0.2, 0) is 4.74 Å². The van der Waals surface area contributed by atoms with Crippen molar-refractivity contribution in [2.45, 2.75) is 44.6 Å². The van der Waals surface area contributed by atoms with E-state index in [9.17, 15) is 4.79 Å². The number of nitrogens with zero attached hydrogens (tertiary/aromatic N) is 4. The molecule has 2 fully saturated rings. The lowest BCUT2D eigenvalue weighted by Crippen LogP contribution is -2.44. The second kappa shape index (κ2) is 7.66. The minimum Gasteiger partial charge on any atom is -0.465 e. The first kappa shape index (κ1) is 19.1. The quantitative estimate of drug-likeness (QED) is 0.757. The van der Waals surface area contributed by atoms with Gasteiger partial charge in [-0.05, 0) is 76.2 Å². The van der Waals surface area contributed by atoms with Crippen molar-refractivity contribution < 1.29 is 9.53 Å². The number of carbonyl (C=O) groups is 1. The molecule has 2 aliphatic rings. The number of rotatable bonds is 3. The van der Waals surface area contributed by atoms with E-state index in [1.54, 1.807) is 12.4 Å². The van der Waals surface area contributed by atoms with E-state index < -0.39 is 0 Å². The van der Waals surface area contributed by atoms with E-state index >= 15 is 0 Å². The Bertz CT molecular complexity index is 849. The third-order valence-corrected chi connectivity index (χ3v) is 6.91. The number of benzene rings is 1. The highest BCUT2D eigenvalue weighted by Crippen LogP contribution is 2.46. The van der Waals surface area contributed by atoms with Crippen LogP contribution in [0.3, 0.4) is 0 Å². The Morgan fingerprint density at radius 3 is 2.50 bits per heavy atom. The average molecular weight is 383 g/mol. The lowest BCUT2D eigenvalue weighted by atomic mass is 9.67. The number of piperidine rings is 1. The summed E-state index contributed by atoms with van der Waals surface area (Å²) in [6, 6.07) is 6.25. The van der Waals surface area contributed by atoms with Crippen molar-refractivity contribution in [2.75, 3.05) is 39.2 Å². The Labute approximate surface area is 166 Å². The number of anilines is 1. The molecule has 4 rings (SSSR count). The zero-order valence-electron chi connectivity index (χ0n) is 17.1. The Kier molecular flexibility index (Phi) is 5.23. The van der Waals surface area contributed by atoms with E-state index in [0.717, 1.165) is 35.9 Å². The van der Waals surface area contributed by atoms with E-state index in [2.05, 4.69) is 33.9 Å². The van der Waals surface area contributed by atoms with Gasteiger partial charge in [0.05, 0.1) is 18.2 Å². The van der Waals surface area contributed by atoms with Crippen molar-refractivity contribution >= 4 is 22.7 Å². The maximum Gasteiger partial charge on any atom is 0.337 e. The van der Waals surface area contributed by atoms with Gasteiger partial charge in [-0.2, -0.15) is 0 Å². The van der Waals surface area contributed by atoms with Gasteiger partial charge in [-0.15, -0.1) is 0 Å². The number of esters is 1. The van der Waals surface area contributed by atoms with Crippen LogP contribution in [0.15, 0.2) is 24.5 Å². The summed E-state index contributed by atoms with van der Waals surface area (Å²) in [4.78, 5) is 25.7. The molecule has 28 heavy (non-hydrogen) atoms. The zero-order valence-corrected chi connectivity index (χ0v) is 17.1. The topological polar surface area (TPSA) is 58.6 Å². The molecule has 1 aromatic heterocycles. The number of hydrogen-bond acceptors (Lipinski definition) is 6. The molecule has 2 aromatic rings. The molecule has 1 saturated carbocycles. The number of aromatic nitrogens is 2. The van der Waals surface area contributed by atoms with Gasteiger partial charge in [-0.25, -0.2) is 14.8 Å². The fourth-order valence-corrected chi connectivity index (χ4v) is 4.96. The fourth-order valence-electron chi connectivity index (χ4n) is 4.96. The fraction of sp³-hybridized carbons (Fsp3) is 0.591. The van der Waals surface area contributed by atoms with Gasteiger partial charge in [0.15, 0.2) is 0 Å². The highest BCUT2D eigenvalue weighted by Gasteiger charge is 2.38. The van der Waals surface area contributed by atoms with Gasteiger partial charge in [-0.3, -0.25) is 0 Å². The normalized spacial score (nSPS) is 20.1. The van der Waals surface area contributed by atoms with Crippen molar-refractivity contribution in [2.24, 2.45) is 5.41 Å². The smallest absolute Gasteiger partial charge is 0.337 e. The van der Waals surface area contributed by atoms with Gasteiger partial charge >= 0.3 is 5.97 Å². The molecule has 1 aromatic carbocycles. The molecular weight excluding hydrogens is 352 g/mol. The van der Waals surface area contributed by atoms with Crippen LogP contribution >= 0.6 is 0 Å². The Morgan fingerprint density at radius 1 is 1.14 bits per heavy atom. The van der Waals surface area contributed by atoms with Crippen molar-refractivity contribution in [3.05, 3.63) is 30.1 Å². The van der Waals surface area contributed by atoms with E-state index in [1.165, 1.54) is 45.6 Å². The SMILES string of the molecule is COC(=O)c1ccc2ncnc(N3CCC4(CCC(N(C)C)CC4)CC3)c2c1. The van der Waals surface area contributed by atoms with E-state index in [-0.39, 0.29) is 5.97 Å². The number of carbonyl (C=O) groups excluding carboxylic acids is 1. The predicted octanol–water partition coefficient (Wildman–Crippen LogP) is 3.51. The molecule has 1 saturated heterocycles. The van der Waals surface area contributed by atoms with Gasteiger partial charge in [0.1, 0.15) is 12.1 Å². The number of hydrogen-bond donors (Lipinski definition) is 0. The van der Waals surface area contributed by atoms with E-state index in [0.29, 0.717) is 11.0 Å². The van der Waals surface area contributed by atoms with Crippen molar-refractivity contribution in [1.82, 2.24) is 14.9 Å². The molecule has 0 radical (unpaired) electrons. The van der Waals surface area contributed by atoms with Crippen molar-refractivity contribution in [3.8, 4) is 0 Å². The number of methoxy groups -OCH3 is 1. The molecule has 1 spiro atoms. The van der Waals surface area contributed by atoms with Gasteiger partial charge in [0.2, 0.25) is 0 Å². The molecule has 0 bridgehead atoms. The summed E-state index contributed by atoms with van der Waals surface area (Å²) in [5.41, 5.74) is 1.91. The molecule has 0 atom stereocenters. The van der Waals surface area contributed by atoms with Crippen LogP contribution in [0.5, 0.6) is 0 Å². The number of ether oxygens (including phenoxy) is 1. The van der Waals surface area contributed by atoms with Crippen LogP contribution < -0.4 is 4.90 Å². The first-order valence-corrected chi connectivity index (χ1v) is 10.3. The Morgan fingerprint density at radius 2 is 1.86 bits per heavy atom. The first-order valence-electron chi connectivity index (χ1n) is 10.3. The summed E-state index contributed by atoms with van der Waals surface area (Å²) in [7, 11) is 5.81. The molecule has 150 valence electrons. The monoisotopic (exact) mass is 382 g/mol. The molecule has 1 aliphatic carbocycles. The van der Waals surface area contributed by atoms with Gasteiger partial charge in [-0.1, -0.05) is 0 Å². The lowest BCUT2D eigenvalue weighted by Gasteiger charge is -2.47. The molecule has 0 amide bonds. The Balaban J connectivity index is 1.52. The van der Waals surface area contributed by atoms with Crippen LogP contribution in [0, 0.1) is 5.41 Å². The van der Waals surface area contributed by atoms with Gasteiger partial charge < -0.3 is 14.5 Å². The molecule has 1 aliphatic heterocycles. The van der Waals surface area contributed by atoms with E-state index in [4.69, 9.17) is 4.74 Å². The summed E-state index contributed by atoms with van der Waals surface area (Å²) < 4.78 is 4.87. The molecule has 2 heterocycles. The van der Waals surface area contributed by atoms with Gasteiger partial charge in [0, 0.05) is 24.5 Å². The van der Waals surface area contributed by atoms with Crippen LogP contribution in [0.4, 0.5) is 5.82 Å². The lowest BCUT2D eigenvalue weighted by molar-refractivity contribution is 0.0601. The van der Waals surface area contributed by atoms with Crippen LogP contribution in [0.25, 0.3) is 10.9 Å². The predicted molar refractivity (Wildman–Crippen MR) is 111 cm³/mol. The largest absolute Gasteiger partial charge is 0.465 e. The number of fused-ring (bicyclic) bond motifs is 1. The summed E-state index contributed by atoms with van der Waals surface area (Å²) >= 11 is 0. The minimum atomic E-state index is -0.327. The van der Waals surface area contributed by atoms with Crippen LogP contribution in [-0.4, -0.2) is 61.2 Å². The maximum atomic E-state index is 11.9. The standard InChI is InChI=1S/C22H30N4O2/c1-25(2)17-6-8-22(9-7-17)10-12-26(13-11-22)20-18-14-16(21(27)28-3)4-5-19(18)23-15-24-20/h4-5,14-15,17H,6-13H2,1-3H3. The minimum absolute atomic E-state index is 0.327. The third kappa shape index (κ3) is 3.58. The zero-order chi connectivity index (χ0) is 19.7. The molecule has 6 nitrogen and oxygen atoms in total. The summed E-state index contributed by atoms with van der Waals surface area (Å²) in [6.45, 7) is 2.03. The van der Waals surface area contributed by atoms with Crippen LogP contribution in [0.2, 0.25) is 0 Å². The second-order valence-electron chi connectivity index (χ2n) is 8.60. The molecule has 6 heteroatoms. The van der Waals surface area contributed by atoms with Gasteiger partial charge in [0.25, 0.3) is 0 Å². The molecule has 0 unspecified atom stereocenters. The van der Waals surface area contributed by atoms with E-state index in [1.807, 2.05) is 12.1 Å². The second-order valence-corrected chi connectivity index (χ2v) is 8.60. The van der Waals surface area contributed by atoms with Crippen molar-refractivity contribution in [1.29, 1.82) is 0 Å². The Hall–Kier alpha value is -2.21. The first-order chi connectivity index (χ1) is 13.5. The van der Waals surface area contributed by atoms with Crippen LogP contribution in [0.1, 0.15) is 48.9 Å². The molecule has 0 N–H and O–H groups in total. The highest BCUT2D eigenvalue weighted by atomic mass is 16.5. The highest BCUT2D eigenvalue weighted by molar-refractivity contribution is 5.97. The third-order valence-electron chi connectivity index (χ3n) is 6.91. The molecular formula is C22H30N4O2. The summed E-state index contributed by atoms with van der Waals surface area (Å²) in [5, 5.41) is 0.928. The summed E-state index contributed by atoms with van der Waals surface area (Å²) in [6.07, 6.45) is 9.35. The average Bonchev–Trinajstić information content (AvgIpc) is 2.73.